The van der Waals surface area contributed by atoms with Gasteiger partial charge in [-0.25, -0.2) is 0 Å². The largest absolute Gasteiger partial charge is 0.359 e. The van der Waals surface area contributed by atoms with Crippen molar-refractivity contribution in [2.45, 2.75) is 76.8 Å². The fraction of sp³-hybridized carbons (Fsp3) is 0.667. The molecule has 0 aliphatic heterocycles. The zero-order valence-electron chi connectivity index (χ0n) is 16.8. The van der Waals surface area contributed by atoms with Crippen LogP contribution in [0.25, 0.3) is 10.2 Å². The van der Waals surface area contributed by atoms with E-state index in [1.54, 1.807) is 18.4 Å². The molecule has 0 bridgehead atoms. The summed E-state index contributed by atoms with van der Waals surface area (Å²) < 4.78 is 2.18. The number of aryl methyl sites for hydroxylation is 1. The van der Waals surface area contributed by atoms with Gasteiger partial charge in [0.2, 0.25) is 5.91 Å². The highest BCUT2D eigenvalue weighted by atomic mass is 32.1. The smallest absolute Gasteiger partial charge is 0.261 e. The summed E-state index contributed by atoms with van der Waals surface area (Å²) in [5.74, 6) is 0.225. The number of nitrogens with zero attached hydrogens (tertiary/aromatic N) is 2. The zero-order chi connectivity index (χ0) is 19.7. The van der Waals surface area contributed by atoms with Gasteiger partial charge >= 0.3 is 0 Å². The van der Waals surface area contributed by atoms with E-state index in [-0.39, 0.29) is 23.8 Å². The van der Waals surface area contributed by atoms with Crippen molar-refractivity contribution in [2.24, 2.45) is 5.92 Å². The van der Waals surface area contributed by atoms with E-state index in [1.807, 2.05) is 13.0 Å². The molecule has 6 nitrogen and oxygen atoms in total. The molecule has 7 heteroatoms. The van der Waals surface area contributed by atoms with E-state index in [9.17, 15) is 9.59 Å². The molecule has 2 amide bonds. The van der Waals surface area contributed by atoms with E-state index < -0.39 is 0 Å². The van der Waals surface area contributed by atoms with Crippen molar-refractivity contribution < 1.29 is 9.59 Å². The molecule has 0 radical (unpaired) electrons. The van der Waals surface area contributed by atoms with Crippen LogP contribution in [-0.4, -0.2) is 34.7 Å². The predicted molar refractivity (Wildman–Crippen MR) is 112 cm³/mol. The lowest BCUT2D eigenvalue weighted by Gasteiger charge is -2.27. The number of hydrogen-bond donors (Lipinski definition) is 2. The summed E-state index contributed by atoms with van der Waals surface area (Å²) in [5.41, 5.74) is 1.02. The fourth-order valence-corrected chi connectivity index (χ4v) is 5.85. The van der Waals surface area contributed by atoms with Crippen LogP contribution >= 0.6 is 11.3 Å². The highest BCUT2D eigenvalue weighted by Gasteiger charge is 2.28. The minimum atomic E-state index is 0.0131. The van der Waals surface area contributed by atoms with Gasteiger partial charge in [0.25, 0.3) is 5.91 Å². The highest BCUT2D eigenvalue weighted by molar-refractivity contribution is 7.20. The van der Waals surface area contributed by atoms with Crippen LogP contribution in [-0.2, 0) is 4.79 Å². The second-order valence-electron chi connectivity index (χ2n) is 8.29. The molecule has 0 aromatic carbocycles. The Morgan fingerprint density at radius 3 is 2.50 bits per heavy atom. The van der Waals surface area contributed by atoms with Gasteiger partial charge in [-0.2, -0.15) is 5.10 Å². The lowest BCUT2D eigenvalue weighted by Crippen LogP contribution is -2.40. The van der Waals surface area contributed by atoms with Gasteiger partial charge in [-0.1, -0.05) is 19.3 Å². The van der Waals surface area contributed by atoms with Gasteiger partial charge in [0.15, 0.2) is 0 Å². The molecule has 2 saturated carbocycles. The summed E-state index contributed by atoms with van der Waals surface area (Å²) in [7, 11) is 1.69. The number of nitrogens with one attached hydrogen (secondary N) is 2. The van der Waals surface area contributed by atoms with Gasteiger partial charge in [-0.3, -0.25) is 14.3 Å². The van der Waals surface area contributed by atoms with Crippen molar-refractivity contribution in [1.82, 2.24) is 20.4 Å². The van der Waals surface area contributed by atoms with E-state index in [0.29, 0.717) is 6.04 Å². The number of carbonyl (C=O) groups excluding carboxylic acids is 2. The lowest BCUT2D eigenvalue weighted by atomic mass is 9.85. The average molecular weight is 403 g/mol. The van der Waals surface area contributed by atoms with E-state index >= 15 is 0 Å². The van der Waals surface area contributed by atoms with Crippen molar-refractivity contribution in [2.75, 3.05) is 7.05 Å². The summed E-state index contributed by atoms with van der Waals surface area (Å²) in [6, 6.07) is 2.64. The second-order valence-corrected chi connectivity index (χ2v) is 9.32. The topological polar surface area (TPSA) is 76.0 Å². The molecule has 4 rings (SSSR count). The van der Waals surface area contributed by atoms with Gasteiger partial charge in [0.1, 0.15) is 4.83 Å². The van der Waals surface area contributed by atoms with E-state index in [2.05, 4.69) is 15.3 Å². The van der Waals surface area contributed by atoms with E-state index in [0.717, 1.165) is 46.5 Å². The number of carbonyl (C=O) groups is 2. The zero-order valence-corrected chi connectivity index (χ0v) is 17.6. The van der Waals surface area contributed by atoms with Gasteiger partial charge in [0, 0.05) is 24.4 Å². The monoisotopic (exact) mass is 402 g/mol. The first-order valence-electron chi connectivity index (χ1n) is 10.6. The number of thiophene rings is 1. The molecule has 28 heavy (non-hydrogen) atoms. The van der Waals surface area contributed by atoms with Crippen LogP contribution in [0.1, 0.15) is 79.2 Å². The summed E-state index contributed by atoms with van der Waals surface area (Å²) in [6.07, 6.45) is 9.63. The van der Waals surface area contributed by atoms with Crippen LogP contribution < -0.4 is 10.6 Å². The number of amides is 2. The molecular formula is C21H30N4O2S. The Balaban J connectivity index is 1.44. The summed E-state index contributed by atoms with van der Waals surface area (Å²) in [5, 5.41) is 11.8. The molecule has 0 saturated heterocycles. The number of aromatic nitrogens is 2. The van der Waals surface area contributed by atoms with Gasteiger partial charge in [-0.05, 0) is 51.5 Å². The van der Waals surface area contributed by atoms with E-state index in [4.69, 9.17) is 5.10 Å². The van der Waals surface area contributed by atoms with Crippen LogP contribution in [0.2, 0.25) is 0 Å². The number of hydrogen-bond acceptors (Lipinski definition) is 4. The summed E-state index contributed by atoms with van der Waals surface area (Å²) >= 11 is 1.57. The van der Waals surface area contributed by atoms with Crippen molar-refractivity contribution in [3.8, 4) is 0 Å². The lowest BCUT2D eigenvalue weighted by molar-refractivity contribution is -0.125. The van der Waals surface area contributed by atoms with Crippen molar-refractivity contribution >= 4 is 33.4 Å². The Kier molecular flexibility index (Phi) is 5.71. The highest BCUT2D eigenvalue weighted by Crippen LogP contribution is 2.35. The van der Waals surface area contributed by atoms with Crippen molar-refractivity contribution in [3.05, 3.63) is 16.6 Å². The van der Waals surface area contributed by atoms with Gasteiger partial charge in [0.05, 0.1) is 16.6 Å². The molecule has 2 aliphatic rings. The normalized spacial score (nSPS) is 23.6. The Morgan fingerprint density at radius 1 is 1.11 bits per heavy atom. The maximum Gasteiger partial charge on any atom is 0.261 e. The Bertz CT molecular complexity index is 857. The molecule has 2 fully saturated rings. The minimum Gasteiger partial charge on any atom is -0.359 e. The molecule has 2 aliphatic carbocycles. The second kappa shape index (κ2) is 8.23. The fourth-order valence-electron chi connectivity index (χ4n) is 4.72. The molecule has 2 heterocycles. The first kappa shape index (κ1) is 19.4. The molecule has 2 aromatic rings. The van der Waals surface area contributed by atoms with Crippen LogP contribution in [0.15, 0.2) is 6.07 Å². The predicted octanol–water partition coefficient (Wildman–Crippen LogP) is 3.95. The summed E-state index contributed by atoms with van der Waals surface area (Å²) in [6.45, 7) is 2.04. The van der Waals surface area contributed by atoms with Crippen LogP contribution in [0.3, 0.4) is 0 Å². The average Bonchev–Trinajstić information content (AvgIpc) is 3.29. The maximum absolute atomic E-state index is 12.8. The molecule has 2 aromatic heterocycles. The molecular weight excluding hydrogens is 372 g/mol. The maximum atomic E-state index is 12.8. The van der Waals surface area contributed by atoms with Crippen molar-refractivity contribution in [1.29, 1.82) is 0 Å². The number of rotatable bonds is 4. The quantitative estimate of drug-likeness (QED) is 0.813. The molecule has 0 unspecified atom stereocenters. The van der Waals surface area contributed by atoms with Gasteiger partial charge < -0.3 is 10.6 Å². The minimum absolute atomic E-state index is 0.0131. The Hall–Kier alpha value is -1.89. The third-order valence-electron chi connectivity index (χ3n) is 6.39. The first-order valence-corrected chi connectivity index (χ1v) is 11.4. The first-order chi connectivity index (χ1) is 13.6. The third kappa shape index (κ3) is 3.81. The Morgan fingerprint density at radius 2 is 1.82 bits per heavy atom. The Labute approximate surface area is 170 Å². The molecule has 152 valence electrons. The third-order valence-corrected chi connectivity index (χ3v) is 7.52. The SMILES string of the molecule is CNC(=O)[C@H]1CC[C@H](NC(=O)c2cc3c(C)nn(C4CCCCC4)c3s2)CC1. The van der Waals surface area contributed by atoms with Crippen LogP contribution in [0.5, 0.6) is 0 Å². The number of fused-ring (bicyclic) bond motifs is 1. The van der Waals surface area contributed by atoms with Crippen LogP contribution in [0.4, 0.5) is 0 Å². The van der Waals surface area contributed by atoms with Gasteiger partial charge in [-0.15, -0.1) is 11.3 Å². The molecule has 0 atom stereocenters. The van der Waals surface area contributed by atoms with Crippen molar-refractivity contribution in [3.63, 3.8) is 0 Å². The van der Waals surface area contributed by atoms with E-state index in [1.165, 1.54) is 32.1 Å². The van der Waals surface area contributed by atoms with Crippen LogP contribution in [0, 0.1) is 12.8 Å². The molecule has 2 N–H and O–H groups in total. The molecule has 0 spiro atoms. The standard InChI is InChI=1S/C21H30N4O2S/c1-13-17-12-18(28-21(17)25(24-13)16-6-4-3-5-7-16)20(27)23-15-10-8-14(9-11-15)19(26)22-2/h12,14-16H,3-11H2,1-2H3,(H,22,26)(H,23,27)/t14-,15-. The summed E-state index contributed by atoms with van der Waals surface area (Å²) in [4.78, 5) is 26.5.